The standard InChI is InChI=1S/C11H15ClN2O3/c1-6(5-15)7(2)13-10-8(11(16)17)3-4-9(12)14-10/h3-4,6-7,15H,5H2,1-2H3,(H,13,14)(H,16,17). The Hall–Kier alpha value is -1.33. The van der Waals surface area contributed by atoms with Crippen LogP contribution in [-0.2, 0) is 0 Å². The number of aliphatic hydroxyl groups excluding tert-OH is 1. The summed E-state index contributed by atoms with van der Waals surface area (Å²) in [7, 11) is 0. The average molecular weight is 259 g/mol. The molecule has 0 spiro atoms. The van der Waals surface area contributed by atoms with E-state index in [1.54, 1.807) is 0 Å². The smallest absolute Gasteiger partial charge is 0.339 e. The van der Waals surface area contributed by atoms with Gasteiger partial charge in [0.1, 0.15) is 16.5 Å². The van der Waals surface area contributed by atoms with Crippen LogP contribution in [0.4, 0.5) is 5.82 Å². The maximum Gasteiger partial charge on any atom is 0.339 e. The van der Waals surface area contributed by atoms with Gasteiger partial charge in [-0.15, -0.1) is 0 Å². The molecule has 1 rings (SSSR count). The van der Waals surface area contributed by atoms with Gasteiger partial charge in [-0.25, -0.2) is 9.78 Å². The van der Waals surface area contributed by atoms with Gasteiger partial charge in [0.15, 0.2) is 0 Å². The van der Waals surface area contributed by atoms with Crippen LogP contribution in [0, 0.1) is 5.92 Å². The highest BCUT2D eigenvalue weighted by atomic mass is 35.5. The molecule has 0 amide bonds. The lowest BCUT2D eigenvalue weighted by Crippen LogP contribution is -2.27. The minimum atomic E-state index is -1.07. The van der Waals surface area contributed by atoms with E-state index in [1.807, 2.05) is 13.8 Å². The van der Waals surface area contributed by atoms with Gasteiger partial charge in [-0.1, -0.05) is 18.5 Å². The zero-order valence-electron chi connectivity index (χ0n) is 9.64. The van der Waals surface area contributed by atoms with Crippen LogP contribution < -0.4 is 5.32 Å². The lowest BCUT2D eigenvalue weighted by atomic mass is 10.1. The van der Waals surface area contributed by atoms with E-state index in [9.17, 15) is 4.79 Å². The number of hydrogen-bond donors (Lipinski definition) is 3. The average Bonchev–Trinajstić information content (AvgIpc) is 2.27. The number of rotatable bonds is 5. The summed E-state index contributed by atoms with van der Waals surface area (Å²) in [5.74, 6) is -0.865. The Bertz CT molecular complexity index is 412. The molecule has 3 N–H and O–H groups in total. The summed E-state index contributed by atoms with van der Waals surface area (Å²) in [6.45, 7) is 3.70. The number of nitrogens with zero attached hydrogens (tertiary/aromatic N) is 1. The first kappa shape index (κ1) is 13.7. The molecule has 0 aliphatic rings. The van der Waals surface area contributed by atoms with Crippen LogP contribution in [0.5, 0.6) is 0 Å². The van der Waals surface area contributed by atoms with E-state index in [1.165, 1.54) is 12.1 Å². The molecule has 0 bridgehead atoms. The Balaban J connectivity index is 2.96. The molecule has 1 heterocycles. The lowest BCUT2D eigenvalue weighted by Gasteiger charge is -2.20. The molecule has 0 aliphatic heterocycles. The maximum atomic E-state index is 11.0. The highest BCUT2D eigenvalue weighted by Crippen LogP contribution is 2.19. The fourth-order valence-corrected chi connectivity index (χ4v) is 1.38. The first-order valence-electron chi connectivity index (χ1n) is 5.23. The topological polar surface area (TPSA) is 82.5 Å². The molecule has 0 aliphatic carbocycles. The van der Waals surface area contributed by atoms with Crippen LogP contribution in [0.2, 0.25) is 5.15 Å². The number of carbonyl (C=O) groups is 1. The Morgan fingerprint density at radius 2 is 2.18 bits per heavy atom. The summed E-state index contributed by atoms with van der Waals surface area (Å²) >= 11 is 5.72. The molecule has 94 valence electrons. The largest absolute Gasteiger partial charge is 0.478 e. The number of hydrogen-bond acceptors (Lipinski definition) is 4. The van der Waals surface area contributed by atoms with E-state index in [-0.39, 0.29) is 35.1 Å². The number of aromatic nitrogens is 1. The Morgan fingerprint density at radius 3 is 2.71 bits per heavy atom. The number of aliphatic hydroxyl groups is 1. The quantitative estimate of drug-likeness (QED) is 0.703. The normalized spacial score (nSPS) is 14.1. The van der Waals surface area contributed by atoms with E-state index in [4.69, 9.17) is 21.8 Å². The van der Waals surface area contributed by atoms with Crippen molar-refractivity contribution in [2.45, 2.75) is 19.9 Å². The Kier molecular flexibility index (Phi) is 4.72. The number of anilines is 1. The van der Waals surface area contributed by atoms with Crippen LogP contribution in [0.3, 0.4) is 0 Å². The maximum absolute atomic E-state index is 11.0. The number of pyridine rings is 1. The zero-order valence-corrected chi connectivity index (χ0v) is 10.4. The van der Waals surface area contributed by atoms with Crippen molar-refractivity contribution in [2.24, 2.45) is 5.92 Å². The zero-order chi connectivity index (χ0) is 13.0. The monoisotopic (exact) mass is 258 g/mol. The van der Waals surface area contributed by atoms with E-state index in [0.717, 1.165) is 0 Å². The van der Waals surface area contributed by atoms with Gasteiger partial charge in [0.2, 0.25) is 0 Å². The lowest BCUT2D eigenvalue weighted by molar-refractivity contribution is 0.0697. The van der Waals surface area contributed by atoms with E-state index >= 15 is 0 Å². The number of nitrogens with one attached hydrogen (secondary N) is 1. The number of carboxylic acid groups (broad SMARTS) is 1. The first-order chi connectivity index (χ1) is 7.95. The van der Waals surface area contributed by atoms with Crippen molar-refractivity contribution in [3.8, 4) is 0 Å². The second-order valence-electron chi connectivity index (χ2n) is 3.93. The Morgan fingerprint density at radius 1 is 1.53 bits per heavy atom. The molecule has 0 fully saturated rings. The highest BCUT2D eigenvalue weighted by molar-refractivity contribution is 6.29. The van der Waals surface area contributed by atoms with Gasteiger partial charge in [0.05, 0.1) is 0 Å². The van der Waals surface area contributed by atoms with Gasteiger partial charge in [-0.05, 0) is 25.0 Å². The van der Waals surface area contributed by atoms with Crippen LogP contribution in [0.25, 0.3) is 0 Å². The molecule has 2 atom stereocenters. The minimum absolute atomic E-state index is 0.0110. The predicted molar refractivity (Wildman–Crippen MR) is 65.5 cm³/mol. The second-order valence-corrected chi connectivity index (χ2v) is 4.32. The van der Waals surface area contributed by atoms with Gasteiger partial charge in [0.25, 0.3) is 0 Å². The van der Waals surface area contributed by atoms with Gasteiger partial charge in [-0.2, -0.15) is 0 Å². The molecule has 2 unspecified atom stereocenters. The molecule has 17 heavy (non-hydrogen) atoms. The van der Waals surface area contributed by atoms with Crippen molar-refractivity contribution in [3.63, 3.8) is 0 Å². The molecule has 0 aromatic carbocycles. The van der Waals surface area contributed by atoms with Crippen molar-refractivity contribution < 1.29 is 15.0 Å². The summed E-state index contributed by atoms with van der Waals surface area (Å²) in [5, 5.41) is 21.2. The molecule has 6 heteroatoms. The van der Waals surface area contributed by atoms with Crippen molar-refractivity contribution >= 4 is 23.4 Å². The summed E-state index contributed by atoms with van der Waals surface area (Å²) in [5.41, 5.74) is 0.0615. The summed E-state index contributed by atoms with van der Waals surface area (Å²) in [6, 6.07) is 2.72. The molecular weight excluding hydrogens is 244 g/mol. The second kappa shape index (κ2) is 5.84. The van der Waals surface area contributed by atoms with Crippen molar-refractivity contribution in [1.82, 2.24) is 4.98 Å². The Labute approximate surface area is 104 Å². The van der Waals surface area contributed by atoms with Crippen LogP contribution in [-0.4, -0.2) is 33.8 Å². The highest BCUT2D eigenvalue weighted by Gasteiger charge is 2.17. The molecular formula is C11H15ClN2O3. The SMILES string of the molecule is CC(CO)C(C)Nc1nc(Cl)ccc1C(=O)O. The molecule has 0 radical (unpaired) electrons. The third-order valence-corrected chi connectivity index (χ3v) is 2.81. The van der Waals surface area contributed by atoms with Crippen LogP contribution >= 0.6 is 11.6 Å². The molecule has 1 aromatic rings. The number of aromatic carboxylic acids is 1. The van der Waals surface area contributed by atoms with Crippen molar-refractivity contribution in [3.05, 3.63) is 22.8 Å². The van der Waals surface area contributed by atoms with Crippen LogP contribution in [0.15, 0.2) is 12.1 Å². The van der Waals surface area contributed by atoms with Gasteiger partial charge in [0, 0.05) is 12.6 Å². The third-order valence-electron chi connectivity index (χ3n) is 2.60. The molecule has 5 nitrogen and oxygen atoms in total. The summed E-state index contributed by atoms with van der Waals surface area (Å²) in [6.07, 6.45) is 0. The van der Waals surface area contributed by atoms with E-state index in [0.29, 0.717) is 0 Å². The molecule has 0 saturated heterocycles. The first-order valence-corrected chi connectivity index (χ1v) is 5.60. The minimum Gasteiger partial charge on any atom is -0.478 e. The fraction of sp³-hybridized carbons (Fsp3) is 0.455. The number of halogens is 1. The van der Waals surface area contributed by atoms with Crippen molar-refractivity contribution in [2.75, 3.05) is 11.9 Å². The van der Waals surface area contributed by atoms with E-state index < -0.39 is 5.97 Å². The van der Waals surface area contributed by atoms with Gasteiger partial charge >= 0.3 is 5.97 Å². The third kappa shape index (κ3) is 3.57. The van der Waals surface area contributed by atoms with Crippen molar-refractivity contribution in [1.29, 1.82) is 0 Å². The van der Waals surface area contributed by atoms with Crippen LogP contribution in [0.1, 0.15) is 24.2 Å². The van der Waals surface area contributed by atoms with E-state index in [2.05, 4.69) is 10.3 Å². The summed E-state index contributed by atoms with van der Waals surface area (Å²) in [4.78, 5) is 14.9. The fourth-order valence-electron chi connectivity index (χ4n) is 1.23. The molecule has 0 saturated carbocycles. The predicted octanol–water partition coefficient (Wildman–Crippen LogP) is 1.86. The van der Waals surface area contributed by atoms with Gasteiger partial charge < -0.3 is 15.5 Å². The summed E-state index contributed by atoms with van der Waals surface area (Å²) < 4.78 is 0. The molecule has 1 aromatic heterocycles. The number of carboxylic acids is 1. The van der Waals surface area contributed by atoms with Gasteiger partial charge in [-0.3, -0.25) is 0 Å².